The zero-order valence-electron chi connectivity index (χ0n) is 15.7. The Labute approximate surface area is 158 Å². The molecule has 0 saturated heterocycles. The average Bonchev–Trinajstić information content (AvgIpc) is 2.87. The van der Waals surface area contributed by atoms with Gasteiger partial charge in [0, 0.05) is 16.7 Å². The van der Waals surface area contributed by atoms with Crippen molar-refractivity contribution in [2.24, 2.45) is 28.6 Å². The Morgan fingerprint density at radius 3 is 2.74 bits per heavy atom. The van der Waals surface area contributed by atoms with E-state index in [0.29, 0.717) is 12.0 Å². The third-order valence-electron chi connectivity index (χ3n) is 8.23. The highest BCUT2D eigenvalue weighted by Crippen LogP contribution is 2.67. The molecule has 0 spiro atoms. The van der Waals surface area contributed by atoms with Crippen molar-refractivity contribution in [3.63, 3.8) is 0 Å². The fourth-order valence-electron chi connectivity index (χ4n) is 6.93. The largest absolute Gasteiger partial charge is 0.393 e. The highest BCUT2D eigenvalue weighted by molar-refractivity contribution is 6.01. The van der Waals surface area contributed by atoms with Crippen LogP contribution in [-0.4, -0.2) is 51.4 Å². The number of Topliss-reactive ketones (excluding diaryl/α,β-unsaturated/α-hetero) is 1. The van der Waals surface area contributed by atoms with Crippen LogP contribution in [0.2, 0.25) is 0 Å². The first-order chi connectivity index (χ1) is 12.6. The van der Waals surface area contributed by atoms with Crippen LogP contribution in [0.1, 0.15) is 39.5 Å². The van der Waals surface area contributed by atoms with Gasteiger partial charge in [0.1, 0.15) is 18.4 Å². The molecular formula is C21H27FO5. The standard InChI is InChI=1S/C21H27FO5/c1-19-5-3-11(24)7-14(19)15(22)8-12-13-4-6-21(27,17(26)10-23)20(13,2)9-16(25)18(12)19/h3,5,7,12-13,15-16,18,23,25,27H,4,6,8-10H2,1-2H3/t12-,13?,15-,16-,18?,19-,20-,21-/m0/s1. The number of halogens is 1. The number of carbonyl (C=O) groups is 2. The first-order valence-corrected chi connectivity index (χ1v) is 9.72. The lowest BCUT2D eigenvalue weighted by molar-refractivity contribution is -0.180. The van der Waals surface area contributed by atoms with Gasteiger partial charge in [0.15, 0.2) is 11.6 Å². The maximum absolute atomic E-state index is 15.1. The Morgan fingerprint density at radius 2 is 2.07 bits per heavy atom. The first-order valence-electron chi connectivity index (χ1n) is 9.72. The van der Waals surface area contributed by atoms with Gasteiger partial charge in [0.25, 0.3) is 0 Å². The average molecular weight is 378 g/mol. The van der Waals surface area contributed by atoms with Crippen LogP contribution in [0.3, 0.4) is 0 Å². The van der Waals surface area contributed by atoms with Crippen LogP contribution in [-0.2, 0) is 9.59 Å². The Morgan fingerprint density at radius 1 is 1.37 bits per heavy atom. The highest BCUT2D eigenvalue weighted by Gasteiger charge is 2.68. The molecule has 0 aromatic carbocycles. The van der Waals surface area contributed by atoms with Crippen LogP contribution in [0.5, 0.6) is 0 Å². The van der Waals surface area contributed by atoms with Gasteiger partial charge in [0.05, 0.1) is 6.10 Å². The third-order valence-corrected chi connectivity index (χ3v) is 8.23. The number of carbonyl (C=O) groups excluding carboxylic acids is 2. The number of ketones is 2. The smallest absolute Gasteiger partial charge is 0.190 e. The predicted molar refractivity (Wildman–Crippen MR) is 95.3 cm³/mol. The number of aliphatic hydroxyl groups is 3. The molecule has 3 saturated carbocycles. The van der Waals surface area contributed by atoms with Crippen LogP contribution in [0.25, 0.3) is 0 Å². The minimum atomic E-state index is -1.69. The Bertz CT molecular complexity index is 760. The number of fused-ring (bicyclic) bond motifs is 5. The molecule has 0 aromatic heterocycles. The van der Waals surface area contributed by atoms with E-state index in [2.05, 4.69) is 0 Å². The van der Waals surface area contributed by atoms with Crippen LogP contribution < -0.4 is 0 Å². The monoisotopic (exact) mass is 378 g/mol. The topological polar surface area (TPSA) is 94.8 Å². The summed E-state index contributed by atoms with van der Waals surface area (Å²) in [5.74, 6) is -1.48. The molecule has 0 radical (unpaired) electrons. The van der Waals surface area contributed by atoms with E-state index in [9.17, 15) is 24.9 Å². The lowest BCUT2D eigenvalue weighted by Crippen LogP contribution is -2.62. The minimum absolute atomic E-state index is 0.131. The van der Waals surface area contributed by atoms with Crippen LogP contribution in [0, 0.1) is 28.6 Å². The molecule has 3 N–H and O–H groups in total. The van der Waals surface area contributed by atoms with E-state index in [0.717, 1.165) is 0 Å². The van der Waals surface area contributed by atoms with Crippen molar-refractivity contribution in [1.82, 2.24) is 0 Å². The van der Waals surface area contributed by atoms with Gasteiger partial charge in [0.2, 0.25) is 0 Å². The molecule has 27 heavy (non-hydrogen) atoms. The number of allylic oxidation sites excluding steroid dienone is 4. The molecule has 4 rings (SSSR count). The molecule has 2 unspecified atom stereocenters. The number of aliphatic hydroxyl groups excluding tert-OH is 2. The molecule has 0 amide bonds. The maximum Gasteiger partial charge on any atom is 0.190 e. The summed E-state index contributed by atoms with van der Waals surface area (Å²) in [6.45, 7) is 2.92. The van der Waals surface area contributed by atoms with Crippen molar-refractivity contribution in [2.75, 3.05) is 6.61 Å². The van der Waals surface area contributed by atoms with Crippen molar-refractivity contribution in [2.45, 2.75) is 57.4 Å². The molecule has 0 aromatic rings. The van der Waals surface area contributed by atoms with E-state index < -0.39 is 41.1 Å². The quantitative estimate of drug-likeness (QED) is 0.677. The van der Waals surface area contributed by atoms with Crippen molar-refractivity contribution < 1.29 is 29.3 Å². The Kier molecular flexibility index (Phi) is 4.09. The molecule has 5 nitrogen and oxygen atoms in total. The summed E-state index contributed by atoms with van der Waals surface area (Å²) in [4.78, 5) is 24.1. The van der Waals surface area contributed by atoms with Gasteiger partial charge in [-0.25, -0.2) is 4.39 Å². The van der Waals surface area contributed by atoms with Crippen LogP contribution in [0.4, 0.5) is 4.39 Å². The summed E-state index contributed by atoms with van der Waals surface area (Å²) in [7, 11) is 0. The Hall–Kier alpha value is -1.37. The zero-order chi connectivity index (χ0) is 19.8. The summed E-state index contributed by atoms with van der Waals surface area (Å²) in [5, 5.41) is 31.6. The second-order valence-electron chi connectivity index (χ2n) is 9.29. The van der Waals surface area contributed by atoms with Gasteiger partial charge in [-0.3, -0.25) is 9.59 Å². The normalized spacial score (nSPS) is 51.3. The van der Waals surface area contributed by atoms with Crippen LogP contribution in [0.15, 0.2) is 23.8 Å². The fraction of sp³-hybridized carbons (Fsp3) is 0.714. The van der Waals surface area contributed by atoms with E-state index in [1.165, 1.54) is 12.2 Å². The van der Waals surface area contributed by atoms with Gasteiger partial charge in [-0.05, 0) is 55.2 Å². The van der Waals surface area contributed by atoms with E-state index in [4.69, 9.17) is 0 Å². The lowest BCUT2D eigenvalue weighted by Gasteiger charge is -2.60. The SMILES string of the molecule is C[C@]12C=CC(=O)C=C1[C@@H](F)C[C@@H]1C2[C@@H](O)C[C@@]2(C)C1CC[C@]2(O)C(=O)CO. The third kappa shape index (κ3) is 2.26. The van der Waals surface area contributed by atoms with Gasteiger partial charge in [-0.2, -0.15) is 0 Å². The summed E-state index contributed by atoms with van der Waals surface area (Å²) < 4.78 is 15.1. The van der Waals surface area contributed by atoms with Crippen LogP contribution >= 0.6 is 0 Å². The first kappa shape index (κ1) is 19.0. The molecule has 148 valence electrons. The molecule has 4 aliphatic rings. The molecular weight excluding hydrogens is 351 g/mol. The van der Waals surface area contributed by atoms with Gasteiger partial charge in [-0.15, -0.1) is 0 Å². The molecule has 8 atom stereocenters. The van der Waals surface area contributed by atoms with E-state index in [1.54, 1.807) is 13.0 Å². The van der Waals surface area contributed by atoms with Gasteiger partial charge < -0.3 is 15.3 Å². The maximum atomic E-state index is 15.1. The lowest BCUT2D eigenvalue weighted by atomic mass is 9.46. The van der Waals surface area contributed by atoms with Crippen molar-refractivity contribution in [3.05, 3.63) is 23.8 Å². The van der Waals surface area contributed by atoms with Gasteiger partial charge in [-0.1, -0.05) is 19.9 Å². The van der Waals surface area contributed by atoms with E-state index >= 15 is 4.39 Å². The molecule has 0 heterocycles. The molecule has 3 fully saturated rings. The number of rotatable bonds is 2. The zero-order valence-corrected chi connectivity index (χ0v) is 15.7. The molecule has 0 bridgehead atoms. The molecule has 0 aliphatic heterocycles. The number of hydrogen-bond donors (Lipinski definition) is 3. The van der Waals surface area contributed by atoms with Crippen molar-refractivity contribution in [1.29, 1.82) is 0 Å². The summed E-state index contributed by atoms with van der Waals surface area (Å²) in [6.07, 6.45) is 3.55. The van der Waals surface area contributed by atoms with Crippen molar-refractivity contribution >= 4 is 11.6 Å². The van der Waals surface area contributed by atoms with E-state index in [1.807, 2.05) is 6.92 Å². The molecule has 6 heteroatoms. The number of hydrogen-bond acceptors (Lipinski definition) is 5. The predicted octanol–water partition coefficient (Wildman–Crippen LogP) is 1.51. The second-order valence-corrected chi connectivity index (χ2v) is 9.29. The summed E-state index contributed by atoms with van der Waals surface area (Å²) in [6, 6.07) is 0. The molecule has 4 aliphatic carbocycles. The fourth-order valence-corrected chi connectivity index (χ4v) is 6.93. The Balaban J connectivity index is 1.78. The summed E-state index contributed by atoms with van der Waals surface area (Å²) >= 11 is 0. The second kappa shape index (κ2) is 5.82. The summed E-state index contributed by atoms with van der Waals surface area (Å²) in [5.41, 5.74) is -2.92. The number of alkyl halides is 1. The highest BCUT2D eigenvalue weighted by atomic mass is 19.1. The van der Waals surface area contributed by atoms with Gasteiger partial charge >= 0.3 is 0 Å². The minimum Gasteiger partial charge on any atom is -0.393 e. The van der Waals surface area contributed by atoms with E-state index in [-0.39, 0.29) is 42.8 Å². The van der Waals surface area contributed by atoms with Crippen molar-refractivity contribution in [3.8, 4) is 0 Å².